The number of aromatic nitrogens is 2. The summed E-state index contributed by atoms with van der Waals surface area (Å²) in [5, 5.41) is 7.48. The van der Waals surface area contributed by atoms with Crippen LogP contribution in [-0.2, 0) is 5.41 Å². The SMILES string of the molecule is c1ccc2c(c1)Sc1ccccc1C21c2ccccc2-c2ccc(-n3c4ccccc4c4cccc(-c5ccc6c(c5)c5ccccc5n6-c5cccc6ccccc56)c43)cc21. The van der Waals surface area contributed by atoms with Gasteiger partial charge in [0.05, 0.1) is 33.2 Å². The molecule has 2 aromatic heterocycles. The summed E-state index contributed by atoms with van der Waals surface area (Å²) in [6.45, 7) is 0. The van der Waals surface area contributed by atoms with Crippen molar-refractivity contribution in [1.82, 2.24) is 9.13 Å². The van der Waals surface area contributed by atoms with E-state index in [9.17, 15) is 0 Å². The van der Waals surface area contributed by atoms with Crippen molar-refractivity contribution in [2.45, 2.75) is 15.2 Å². The molecule has 0 radical (unpaired) electrons. The van der Waals surface area contributed by atoms with E-state index < -0.39 is 5.41 Å². The molecule has 0 atom stereocenters. The first-order valence-electron chi connectivity index (χ1n) is 21.4. The average molecular weight is 805 g/mol. The van der Waals surface area contributed by atoms with Crippen molar-refractivity contribution < 1.29 is 0 Å². The number of para-hydroxylation sites is 3. The Bertz CT molecular complexity index is 3810. The molecule has 0 saturated heterocycles. The van der Waals surface area contributed by atoms with Crippen molar-refractivity contribution in [3.05, 3.63) is 241 Å². The molecule has 10 aromatic carbocycles. The number of nitrogens with zero attached hydrogens (tertiary/aromatic N) is 2. The topological polar surface area (TPSA) is 9.86 Å². The largest absolute Gasteiger partial charge is 0.309 e. The molecule has 0 fully saturated rings. The first-order chi connectivity index (χ1) is 30.8. The first-order valence-corrected chi connectivity index (χ1v) is 22.2. The smallest absolute Gasteiger partial charge is 0.0736 e. The standard InChI is InChI=1S/C59H36N2S/c1-2-17-40-37(15-1)16-13-28-52(40)61-54-27-10-5-20-45(54)47-35-38(31-34-55(47)61)41-21-14-22-46-44-19-4-9-26-53(44)60(58(41)46)39-32-33-43-42-18-3-6-23-48(42)59(51(43)36-39)49-24-7-11-29-56(49)62-57-30-12-8-25-50(57)59/h1-36H. The molecule has 0 saturated carbocycles. The maximum atomic E-state index is 2.54. The van der Waals surface area contributed by atoms with Crippen LogP contribution in [0.25, 0.3) is 88.0 Å². The van der Waals surface area contributed by atoms with Gasteiger partial charge in [0.15, 0.2) is 0 Å². The predicted molar refractivity (Wildman–Crippen MR) is 259 cm³/mol. The molecule has 0 N–H and O–H groups in total. The normalized spacial score (nSPS) is 13.5. The van der Waals surface area contributed by atoms with Crippen molar-refractivity contribution in [1.29, 1.82) is 0 Å². The van der Waals surface area contributed by atoms with Crippen molar-refractivity contribution in [3.8, 4) is 33.6 Å². The Morgan fingerprint density at radius 1 is 0.339 bits per heavy atom. The van der Waals surface area contributed by atoms with Gasteiger partial charge in [-0.3, -0.25) is 0 Å². The molecule has 14 rings (SSSR count). The van der Waals surface area contributed by atoms with E-state index in [4.69, 9.17) is 0 Å². The van der Waals surface area contributed by atoms with Crippen LogP contribution in [0.5, 0.6) is 0 Å². The molecule has 1 spiro atoms. The van der Waals surface area contributed by atoms with E-state index in [2.05, 4.69) is 228 Å². The van der Waals surface area contributed by atoms with E-state index in [0.29, 0.717) is 0 Å². The highest BCUT2D eigenvalue weighted by Gasteiger charge is 2.50. The Morgan fingerprint density at radius 3 is 1.71 bits per heavy atom. The van der Waals surface area contributed by atoms with Crippen LogP contribution in [0, 0.1) is 0 Å². The summed E-state index contributed by atoms with van der Waals surface area (Å²) < 4.78 is 4.99. The molecule has 0 unspecified atom stereocenters. The number of hydrogen-bond donors (Lipinski definition) is 0. The Kier molecular flexibility index (Phi) is 7.01. The quantitative estimate of drug-likeness (QED) is 0.173. The third-order valence-electron chi connectivity index (χ3n) is 13.8. The van der Waals surface area contributed by atoms with Crippen molar-refractivity contribution in [3.63, 3.8) is 0 Å². The van der Waals surface area contributed by atoms with Gasteiger partial charge < -0.3 is 9.13 Å². The van der Waals surface area contributed by atoms with E-state index in [0.717, 1.165) is 5.69 Å². The van der Waals surface area contributed by atoms with Gasteiger partial charge in [-0.25, -0.2) is 0 Å². The number of rotatable bonds is 3. The van der Waals surface area contributed by atoms with Gasteiger partial charge in [-0.05, 0) is 98.9 Å². The van der Waals surface area contributed by atoms with E-state index in [1.165, 1.54) is 114 Å². The molecule has 62 heavy (non-hydrogen) atoms. The summed E-state index contributed by atoms with van der Waals surface area (Å²) in [7, 11) is 0. The lowest BCUT2D eigenvalue weighted by molar-refractivity contribution is 0.722. The summed E-state index contributed by atoms with van der Waals surface area (Å²) in [6.07, 6.45) is 0. The zero-order chi connectivity index (χ0) is 40.5. The van der Waals surface area contributed by atoms with Crippen molar-refractivity contribution in [2.75, 3.05) is 0 Å². The molecule has 1 aliphatic carbocycles. The highest BCUT2D eigenvalue weighted by molar-refractivity contribution is 7.99. The monoisotopic (exact) mass is 804 g/mol. The van der Waals surface area contributed by atoms with Crippen LogP contribution < -0.4 is 0 Å². The van der Waals surface area contributed by atoms with Crippen molar-refractivity contribution >= 4 is 66.1 Å². The van der Waals surface area contributed by atoms with Gasteiger partial charge in [0.2, 0.25) is 0 Å². The fourth-order valence-corrected chi connectivity index (χ4v) is 12.5. The van der Waals surface area contributed by atoms with Gasteiger partial charge in [0.1, 0.15) is 0 Å². The fourth-order valence-electron chi connectivity index (χ4n) is 11.3. The summed E-state index contributed by atoms with van der Waals surface area (Å²) in [5.74, 6) is 0. The van der Waals surface area contributed by atoms with Gasteiger partial charge in [-0.2, -0.15) is 0 Å². The van der Waals surface area contributed by atoms with E-state index in [-0.39, 0.29) is 0 Å². The van der Waals surface area contributed by atoms with Gasteiger partial charge in [-0.1, -0.05) is 176 Å². The minimum atomic E-state index is -0.453. The Hall–Kier alpha value is -7.59. The molecular formula is C59H36N2S. The Balaban J connectivity index is 1.04. The van der Waals surface area contributed by atoms with Crippen LogP contribution in [0.1, 0.15) is 22.3 Å². The lowest BCUT2D eigenvalue weighted by atomic mass is 9.67. The molecule has 0 bridgehead atoms. The molecule has 1 aliphatic heterocycles. The third-order valence-corrected chi connectivity index (χ3v) is 14.9. The molecule has 12 aromatic rings. The van der Waals surface area contributed by atoms with Crippen LogP contribution in [0.3, 0.4) is 0 Å². The lowest BCUT2D eigenvalue weighted by Gasteiger charge is -2.39. The van der Waals surface area contributed by atoms with Gasteiger partial charge in [0.25, 0.3) is 0 Å². The van der Waals surface area contributed by atoms with E-state index >= 15 is 0 Å². The van der Waals surface area contributed by atoms with Crippen LogP contribution in [-0.4, -0.2) is 9.13 Å². The Morgan fingerprint density at radius 2 is 0.903 bits per heavy atom. The van der Waals surface area contributed by atoms with Gasteiger partial charge in [0, 0.05) is 48.0 Å². The average Bonchev–Trinajstić information content (AvgIpc) is 3.95. The highest BCUT2D eigenvalue weighted by Crippen LogP contribution is 2.62. The molecule has 2 nitrogen and oxygen atoms in total. The molecular weight excluding hydrogens is 769 g/mol. The minimum Gasteiger partial charge on any atom is -0.309 e. The summed E-state index contributed by atoms with van der Waals surface area (Å²) in [6, 6.07) is 81.6. The predicted octanol–water partition coefficient (Wildman–Crippen LogP) is 15.5. The summed E-state index contributed by atoms with van der Waals surface area (Å²) in [4.78, 5) is 2.63. The zero-order valence-corrected chi connectivity index (χ0v) is 34.4. The second-order valence-electron chi connectivity index (χ2n) is 16.8. The summed E-state index contributed by atoms with van der Waals surface area (Å²) >= 11 is 1.89. The lowest BCUT2D eigenvalue weighted by Crippen LogP contribution is -2.32. The first kappa shape index (κ1) is 34.2. The minimum absolute atomic E-state index is 0.453. The molecule has 3 heteroatoms. The highest BCUT2D eigenvalue weighted by atomic mass is 32.2. The number of benzene rings is 10. The van der Waals surface area contributed by atoms with E-state index in [1.807, 2.05) is 11.8 Å². The van der Waals surface area contributed by atoms with Crippen molar-refractivity contribution in [2.24, 2.45) is 0 Å². The van der Waals surface area contributed by atoms with Gasteiger partial charge >= 0.3 is 0 Å². The van der Waals surface area contributed by atoms with Crippen LogP contribution in [0.2, 0.25) is 0 Å². The molecule has 0 amide bonds. The number of fused-ring (bicyclic) bond motifs is 16. The van der Waals surface area contributed by atoms with Crippen LogP contribution in [0.15, 0.2) is 228 Å². The molecule has 2 aliphatic rings. The molecule has 288 valence electrons. The zero-order valence-electron chi connectivity index (χ0n) is 33.6. The summed E-state index contributed by atoms with van der Waals surface area (Å²) in [5.41, 5.74) is 17.2. The maximum absolute atomic E-state index is 2.54. The second kappa shape index (κ2) is 12.7. The third kappa shape index (κ3) is 4.45. The number of hydrogen-bond acceptors (Lipinski definition) is 1. The second-order valence-corrected chi connectivity index (χ2v) is 17.8. The van der Waals surface area contributed by atoms with E-state index in [1.54, 1.807) is 0 Å². The van der Waals surface area contributed by atoms with Crippen LogP contribution in [0.4, 0.5) is 0 Å². The molecule has 3 heterocycles. The Labute approximate surface area is 362 Å². The van der Waals surface area contributed by atoms with Crippen LogP contribution >= 0.6 is 11.8 Å². The maximum Gasteiger partial charge on any atom is 0.0736 e. The fraction of sp³-hybridized carbons (Fsp3) is 0.0169. The van der Waals surface area contributed by atoms with Gasteiger partial charge in [-0.15, -0.1) is 0 Å².